The van der Waals surface area contributed by atoms with Crippen molar-refractivity contribution < 1.29 is 4.79 Å². The molecule has 0 aromatic carbocycles. The quantitative estimate of drug-likeness (QED) is 0.944. The molecule has 3 heterocycles. The van der Waals surface area contributed by atoms with Crippen molar-refractivity contribution in [2.75, 3.05) is 18.4 Å². The number of hydrogen-bond acceptors (Lipinski definition) is 3. The fraction of sp³-hybridized carbons (Fsp3) is 0.444. The zero-order valence-corrected chi connectivity index (χ0v) is 13.2. The van der Waals surface area contributed by atoms with E-state index in [1.54, 1.807) is 6.20 Å². The van der Waals surface area contributed by atoms with Crippen molar-refractivity contribution >= 4 is 11.7 Å². The highest BCUT2D eigenvalue weighted by Gasteiger charge is 2.25. The third-order valence-corrected chi connectivity index (χ3v) is 4.74. The van der Waals surface area contributed by atoms with Crippen LogP contribution in [0.3, 0.4) is 0 Å². The molecule has 2 fully saturated rings. The van der Waals surface area contributed by atoms with Gasteiger partial charge in [0.05, 0.1) is 5.56 Å². The lowest BCUT2D eigenvalue weighted by atomic mass is 10.0. The van der Waals surface area contributed by atoms with Crippen molar-refractivity contribution in [2.24, 2.45) is 0 Å². The number of amides is 1. The van der Waals surface area contributed by atoms with Gasteiger partial charge in [0.2, 0.25) is 0 Å². The molecule has 2 aromatic heterocycles. The highest BCUT2D eigenvalue weighted by molar-refractivity contribution is 5.94. The average Bonchev–Trinajstić information content (AvgIpc) is 3.24. The SMILES string of the molecule is O=C(c1ccc(NC2CC2)nc1)N1CCC(n2cccc2)CC1. The molecule has 1 saturated carbocycles. The summed E-state index contributed by atoms with van der Waals surface area (Å²) >= 11 is 0. The smallest absolute Gasteiger partial charge is 0.255 e. The highest BCUT2D eigenvalue weighted by Crippen LogP contribution is 2.25. The molecule has 1 aliphatic carbocycles. The summed E-state index contributed by atoms with van der Waals surface area (Å²) in [5.74, 6) is 0.969. The number of carbonyl (C=O) groups excluding carboxylic acids is 1. The Balaban J connectivity index is 1.35. The van der Waals surface area contributed by atoms with Crippen molar-refractivity contribution in [3.8, 4) is 0 Å². The summed E-state index contributed by atoms with van der Waals surface area (Å²) < 4.78 is 2.25. The van der Waals surface area contributed by atoms with Crippen molar-refractivity contribution in [3.05, 3.63) is 48.4 Å². The number of pyridine rings is 1. The minimum atomic E-state index is 0.0985. The molecule has 5 nitrogen and oxygen atoms in total. The Labute approximate surface area is 136 Å². The van der Waals surface area contributed by atoms with Crippen LogP contribution < -0.4 is 5.32 Å². The van der Waals surface area contributed by atoms with E-state index >= 15 is 0 Å². The molecule has 0 radical (unpaired) electrons. The van der Waals surface area contributed by atoms with Crippen LogP contribution in [0, 0.1) is 0 Å². The first-order chi connectivity index (χ1) is 11.3. The molecule has 23 heavy (non-hydrogen) atoms. The number of carbonyl (C=O) groups is 1. The van der Waals surface area contributed by atoms with Crippen LogP contribution in [0.2, 0.25) is 0 Å². The molecule has 1 amide bonds. The highest BCUT2D eigenvalue weighted by atomic mass is 16.2. The Kier molecular flexibility index (Phi) is 3.77. The van der Waals surface area contributed by atoms with Crippen LogP contribution in [0.5, 0.6) is 0 Å². The van der Waals surface area contributed by atoms with Crippen molar-refractivity contribution in [1.29, 1.82) is 0 Å². The zero-order chi connectivity index (χ0) is 15.6. The van der Waals surface area contributed by atoms with Crippen LogP contribution >= 0.6 is 0 Å². The third kappa shape index (κ3) is 3.23. The van der Waals surface area contributed by atoms with Gasteiger partial charge in [-0.2, -0.15) is 0 Å². The van der Waals surface area contributed by atoms with E-state index in [0.717, 1.165) is 31.7 Å². The summed E-state index contributed by atoms with van der Waals surface area (Å²) in [7, 11) is 0. The lowest BCUT2D eigenvalue weighted by Gasteiger charge is -2.32. The number of rotatable bonds is 4. The van der Waals surface area contributed by atoms with Gasteiger partial charge in [0.1, 0.15) is 5.82 Å². The van der Waals surface area contributed by atoms with Gasteiger partial charge in [-0.05, 0) is 49.9 Å². The first-order valence-corrected chi connectivity index (χ1v) is 8.44. The molecule has 0 spiro atoms. The Morgan fingerprint density at radius 1 is 1.09 bits per heavy atom. The maximum absolute atomic E-state index is 12.6. The molecule has 2 aromatic rings. The number of anilines is 1. The molecule has 0 atom stereocenters. The summed E-state index contributed by atoms with van der Waals surface area (Å²) in [5, 5.41) is 3.34. The lowest BCUT2D eigenvalue weighted by molar-refractivity contribution is 0.0694. The largest absolute Gasteiger partial charge is 0.367 e. The second-order valence-electron chi connectivity index (χ2n) is 6.50. The van der Waals surface area contributed by atoms with Crippen LogP contribution in [0.15, 0.2) is 42.9 Å². The lowest BCUT2D eigenvalue weighted by Crippen LogP contribution is -2.38. The van der Waals surface area contributed by atoms with E-state index in [0.29, 0.717) is 17.6 Å². The Bertz CT molecular complexity index is 653. The maximum Gasteiger partial charge on any atom is 0.255 e. The number of piperidine rings is 1. The van der Waals surface area contributed by atoms with Crippen molar-refractivity contribution in [3.63, 3.8) is 0 Å². The van der Waals surface area contributed by atoms with E-state index in [9.17, 15) is 4.79 Å². The molecule has 4 rings (SSSR count). The fourth-order valence-electron chi connectivity index (χ4n) is 3.18. The third-order valence-electron chi connectivity index (χ3n) is 4.74. The summed E-state index contributed by atoms with van der Waals surface area (Å²) in [6.45, 7) is 1.62. The molecule has 1 N–H and O–H groups in total. The van der Waals surface area contributed by atoms with Crippen LogP contribution in [-0.4, -0.2) is 39.5 Å². The number of aromatic nitrogens is 2. The van der Waals surface area contributed by atoms with E-state index in [2.05, 4.69) is 39.4 Å². The monoisotopic (exact) mass is 310 g/mol. The minimum absolute atomic E-state index is 0.0985. The van der Waals surface area contributed by atoms with Gasteiger partial charge in [-0.15, -0.1) is 0 Å². The van der Waals surface area contributed by atoms with Crippen LogP contribution in [-0.2, 0) is 0 Å². The molecule has 1 saturated heterocycles. The van der Waals surface area contributed by atoms with E-state index < -0.39 is 0 Å². The van der Waals surface area contributed by atoms with Gasteiger partial charge in [0.15, 0.2) is 0 Å². The summed E-state index contributed by atoms with van der Waals surface area (Å²) in [5.41, 5.74) is 0.686. The van der Waals surface area contributed by atoms with Gasteiger partial charge < -0.3 is 14.8 Å². The van der Waals surface area contributed by atoms with Gasteiger partial charge in [-0.1, -0.05) is 0 Å². The Morgan fingerprint density at radius 3 is 2.43 bits per heavy atom. The van der Waals surface area contributed by atoms with Gasteiger partial charge >= 0.3 is 0 Å². The van der Waals surface area contributed by atoms with Gasteiger partial charge in [-0.25, -0.2) is 4.98 Å². The molecule has 2 aliphatic rings. The van der Waals surface area contributed by atoms with Crippen LogP contribution in [0.1, 0.15) is 42.1 Å². The van der Waals surface area contributed by atoms with E-state index in [-0.39, 0.29) is 5.91 Å². The van der Waals surface area contributed by atoms with E-state index in [1.807, 2.05) is 17.0 Å². The standard InChI is InChI=1S/C18H22N4O/c23-18(14-3-6-17(19-13-14)20-15-4-5-15)22-11-7-16(8-12-22)21-9-1-2-10-21/h1-3,6,9-10,13,15-16H,4-5,7-8,11-12H2,(H,19,20). The molecule has 5 heteroatoms. The predicted octanol–water partition coefficient (Wildman–Crippen LogP) is 2.93. The van der Waals surface area contributed by atoms with Gasteiger partial charge in [-0.3, -0.25) is 4.79 Å². The topological polar surface area (TPSA) is 50.2 Å². The van der Waals surface area contributed by atoms with Gasteiger partial charge in [0, 0.05) is 43.8 Å². The molecule has 0 unspecified atom stereocenters. The van der Waals surface area contributed by atoms with Crippen LogP contribution in [0.25, 0.3) is 0 Å². The summed E-state index contributed by atoms with van der Waals surface area (Å²) in [6.07, 6.45) is 10.4. The first kappa shape index (κ1) is 14.3. The number of likely N-dealkylation sites (tertiary alicyclic amines) is 1. The maximum atomic E-state index is 12.6. The second-order valence-corrected chi connectivity index (χ2v) is 6.50. The van der Waals surface area contributed by atoms with E-state index in [1.165, 1.54) is 12.8 Å². The number of nitrogens with zero attached hydrogens (tertiary/aromatic N) is 3. The van der Waals surface area contributed by atoms with Gasteiger partial charge in [0.25, 0.3) is 5.91 Å². The number of nitrogens with one attached hydrogen (secondary N) is 1. The normalized spacial score (nSPS) is 18.9. The fourth-order valence-corrected chi connectivity index (χ4v) is 3.18. The predicted molar refractivity (Wildman–Crippen MR) is 89.5 cm³/mol. The van der Waals surface area contributed by atoms with Crippen molar-refractivity contribution in [1.82, 2.24) is 14.5 Å². The number of hydrogen-bond donors (Lipinski definition) is 1. The average molecular weight is 310 g/mol. The van der Waals surface area contributed by atoms with E-state index in [4.69, 9.17) is 0 Å². The summed E-state index contributed by atoms with van der Waals surface area (Å²) in [6, 6.07) is 9.01. The first-order valence-electron chi connectivity index (χ1n) is 8.44. The molecule has 1 aliphatic heterocycles. The molecule has 0 bridgehead atoms. The van der Waals surface area contributed by atoms with Crippen molar-refractivity contribution in [2.45, 2.75) is 37.8 Å². The zero-order valence-electron chi connectivity index (χ0n) is 13.2. The molecule has 120 valence electrons. The van der Waals surface area contributed by atoms with Crippen LogP contribution in [0.4, 0.5) is 5.82 Å². The molecular weight excluding hydrogens is 288 g/mol. The Morgan fingerprint density at radius 2 is 1.83 bits per heavy atom. The Hall–Kier alpha value is -2.30. The second kappa shape index (κ2) is 6.07. The minimum Gasteiger partial charge on any atom is -0.367 e. The summed E-state index contributed by atoms with van der Waals surface area (Å²) in [4.78, 5) is 18.9. The molecular formula is C18H22N4O.